The van der Waals surface area contributed by atoms with E-state index in [2.05, 4.69) is 4.52 Å². The van der Waals surface area contributed by atoms with Crippen molar-refractivity contribution in [3.05, 3.63) is 0 Å². The fraction of sp³-hybridized carbons (Fsp3) is 1.00. The van der Waals surface area contributed by atoms with Crippen LogP contribution in [0.25, 0.3) is 0 Å². The van der Waals surface area contributed by atoms with Gasteiger partial charge in [0.25, 0.3) is 0 Å². The third kappa shape index (κ3) is 1.29. The highest BCUT2D eigenvalue weighted by atomic mass is 31.1. The second-order valence-electron chi connectivity index (χ2n) is 1.80. The second kappa shape index (κ2) is 1.97. The standard InChI is InChI=1S/C4H9O2P/c1-6-7(5)4-2-3-4/h4,7H,2-3H2,1H3. The van der Waals surface area contributed by atoms with Gasteiger partial charge in [-0.05, 0) is 12.8 Å². The van der Waals surface area contributed by atoms with Gasteiger partial charge in [-0.25, -0.2) is 0 Å². The molecule has 1 fully saturated rings. The Morgan fingerprint density at radius 3 is 2.43 bits per heavy atom. The molecule has 1 aliphatic carbocycles. The van der Waals surface area contributed by atoms with Crippen LogP contribution in [-0.2, 0) is 9.09 Å². The van der Waals surface area contributed by atoms with Crippen LogP contribution < -0.4 is 0 Å². The predicted octanol–water partition coefficient (Wildman–Crippen LogP) is 1.27. The number of rotatable bonds is 2. The number of hydrogen-bond donors (Lipinski definition) is 0. The summed E-state index contributed by atoms with van der Waals surface area (Å²) in [6.45, 7) is 0. The highest BCUT2D eigenvalue weighted by Gasteiger charge is 2.27. The molecular weight excluding hydrogens is 111 g/mol. The Morgan fingerprint density at radius 2 is 2.29 bits per heavy atom. The maximum atomic E-state index is 10.5. The Balaban J connectivity index is 2.24. The van der Waals surface area contributed by atoms with E-state index in [0.29, 0.717) is 5.66 Å². The van der Waals surface area contributed by atoms with Gasteiger partial charge in [0.2, 0.25) is 0 Å². The van der Waals surface area contributed by atoms with Crippen LogP contribution in [0, 0.1) is 0 Å². The van der Waals surface area contributed by atoms with Crippen LogP contribution >= 0.6 is 8.03 Å². The van der Waals surface area contributed by atoms with Crippen molar-refractivity contribution in [3.63, 3.8) is 0 Å². The number of hydrogen-bond acceptors (Lipinski definition) is 2. The van der Waals surface area contributed by atoms with E-state index >= 15 is 0 Å². The maximum absolute atomic E-state index is 10.5. The van der Waals surface area contributed by atoms with Gasteiger partial charge in [0.05, 0.1) is 0 Å². The largest absolute Gasteiger partial charge is 0.334 e. The van der Waals surface area contributed by atoms with Crippen molar-refractivity contribution in [3.8, 4) is 0 Å². The first-order valence-corrected chi connectivity index (χ1v) is 3.82. The van der Waals surface area contributed by atoms with E-state index in [1.54, 1.807) is 0 Å². The second-order valence-corrected chi connectivity index (χ2v) is 3.66. The summed E-state index contributed by atoms with van der Waals surface area (Å²) in [6, 6.07) is 0. The molecule has 1 atom stereocenters. The molecule has 0 radical (unpaired) electrons. The highest BCUT2D eigenvalue weighted by Crippen LogP contribution is 2.44. The first-order valence-electron chi connectivity index (χ1n) is 2.42. The maximum Gasteiger partial charge on any atom is 0.194 e. The minimum Gasteiger partial charge on any atom is -0.334 e. The van der Waals surface area contributed by atoms with Gasteiger partial charge in [-0.1, -0.05) is 0 Å². The molecule has 0 N–H and O–H groups in total. The molecule has 1 unspecified atom stereocenters. The first kappa shape index (κ1) is 5.33. The van der Waals surface area contributed by atoms with Gasteiger partial charge in [0, 0.05) is 12.8 Å². The van der Waals surface area contributed by atoms with Crippen molar-refractivity contribution in [1.82, 2.24) is 0 Å². The van der Waals surface area contributed by atoms with Gasteiger partial charge < -0.3 is 4.52 Å². The lowest BCUT2D eigenvalue weighted by atomic mass is 11.0. The van der Waals surface area contributed by atoms with Crippen molar-refractivity contribution in [2.75, 3.05) is 7.11 Å². The van der Waals surface area contributed by atoms with Crippen LogP contribution in [0.15, 0.2) is 0 Å². The molecule has 3 heteroatoms. The van der Waals surface area contributed by atoms with Gasteiger partial charge in [-0.3, -0.25) is 4.57 Å². The molecule has 0 aromatic carbocycles. The zero-order valence-corrected chi connectivity index (χ0v) is 5.31. The third-order valence-corrected chi connectivity index (χ3v) is 2.76. The van der Waals surface area contributed by atoms with Crippen LogP contribution in [0.1, 0.15) is 12.8 Å². The minimum absolute atomic E-state index is 0.440. The summed E-state index contributed by atoms with van der Waals surface area (Å²) in [6.07, 6.45) is 2.23. The molecule has 0 aromatic heterocycles. The lowest BCUT2D eigenvalue weighted by molar-refractivity contribution is 0.413. The van der Waals surface area contributed by atoms with Gasteiger partial charge in [-0.15, -0.1) is 0 Å². The van der Waals surface area contributed by atoms with Crippen molar-refractivity contribution < 1.29 is 9.09 Å². The molecule has 0 aromatic rings. The Labute approximate surface area is 43.7 Å². The van der Waals surface area contributed by atoms with Gasteiger partial charge in [0.1, 0.15) is 0 Å². The van der Waals surface area contributed by atoms with E-state index in [1.165, 1.54) is 7.11 Å². The van der Waals surface area contributed by atoms with E-state index < -0.39 is 8.03 Å². The normalized spacial score (nSPS) is 24.7. The summed E-state index contributed by atoms with van der Waals surface area (Å²) < 4.78 is 15.2. The molecule has 7 heavy (non-hydrogen) atoms. The summed E-state index contributed by atoms with van der Waals surface area (Å²) in [4.78, 5) is 0. The topological polar surface area (TPSA) is 26.3 Å². The van der Waals surface area contributed by atoms with Crippen molar-refractivity contribution >= 4 is 8.03 Å². The quantitative estimate of drug-likeness (QED) is 0.513. The molecular formula is C4H9O2P. The fourth-order valence-corrected chi connectivity index (χ4v) is 1.46. The zero-order valence-electron chi connectivity index (χ0n) is 4.31. The molecule has 1 saturated carbocycles. The lowest BCUT2D eigenvalue weighted by Gasteiger charge is -1.89. The molecule has 1 aliphatic rings. The van der Waals surface area contributed by atoms with Crippen LogP contribution in [0.4, 0.5) is 0 Å². The first-order chi connectivity index (χ1) is 3.34. The third-order valence-electron chi connectivity index (χ3n) is 1.11. The van der Waals surface area contributed by atoms with Crippen LogP contribution in [0.5, 0.6) is 0 Å². The van der Waals surface area contributed by atoms with Crippen LogP contribution in [-0.4, -0.2) is 12.8 Å². The molecule has 1 rings (SSSR count). The van der Waals surface area contributed by atoms with E-state index in [4.69, 9.17) is 0 Å². The molecule has 0 spiro atoms. The SMILES string of the molecule is CO[PH](=O)C1CC1. The smallest absolute Gasteiger partial charge is 0.194 e. The monoisotopic (exact) mass is 120 g/mol. The minimum atomic E-state index is -1.58. The fourth-order valence-electron chi connectivity index (χ4n) is 0.486. The Hall–Kier alpha value is 0.190. The molecule has 0 saturated heterocycles. The summed E-state index contributed by atoms with van der Waals surface area (Å²) in [7, 11) is -0.0714. The lowest BCUT2D eigenvalue weighted by Crippen LogP contribution is -1.71. The molecule has 0 aliphatic heterocycles. The summed E-state index contributed by atoms with van der Waals surface area (Å²) in [5.74, 6) is 0. The van der Waals surface area contributed by atoms with Crippen LogP contribution in [0.2, 0.25) is 0 Å². The van der Waals surface area contributed by atoms with Gasteiger partial charge in [0.15, 0.2) is 8.03 Å². The van der Waals surface area contributed by atoms with E-state index in [-0.39, 0.29) is 0 Å². The van der Waals surface area contributed by atoms with E-state index in [1.807, 2.05) is 0 Å². The molecule has 2 nitrogen and oxygen atoms in total. The van der Waals surface area contributed by atoms with Crippen molar-refractivity contribution in [2.24, 2.45) is 0 Å². The van der Waals surface area contributed by atoms with Crippen LogP contribution in [0.3, 0.4) is 0 Å². The molecule has 0 amide bonds. The average Bonchev–Trinajstić information content (AvgIpc) is 2.44. The van der Waals surface area contributed by atoms with Crippen molar-refractivity contribution in [2.45, 2.75) is 18.5 Å². The Bertz CT molecular complexity index is 87.7. The molecule has 0 bridgehead atoms. The highest BCUT2D eigenvalue weighted by molar-refractivity contribution is 7.40. The van der Waals surface area contributed by atoms with Crippen molar-refractivity contribution in [1.29, 1.82) is 0 Å². The zero-order chi connectivity index (χ0) is 5.28. The summed E-state index contributed by atoms with van der Waals surface area (Å²) in [5, 5.41) is 0. The summed E-state index contributed by atoms with van der Waals surface area (Å²) in [5.41, 5.74) is 0.440. The molecule has 0 heterocycles. The van der Waals surface area contributed by atoms with Gasteiger partial charge >= 0.3 is 0 Å². The van der Waals surface area contributed by atoms with Gasteiger partial charge in [-0.2, -0.15) is 0 Å². The average molecular weight is 120 g/mol. The Morgan fingerprint density at radius 1 is 1.71 bits per heavy atom. The van der Waals surface area contributed by atoms with E-state index in [0.717, 1.165) is 12.8 Å². The Kier molecular flexibility index (Phi) is 1.50. The predicted molar refractivity (Wildman–Crippen MR) is 29.0 cm³/mol. The molecule has 42 valence electrons. The summed E-state index contributed by atoms with van der Waals surface area (Å²) >= 11 is 0. The van der Waals surface area contributed by atoms with E-state index in [9.17, 15) is 4.57 Å².